The first-order valence-corrected chi connectivity index (χ1v) is 1.68. The second kappa shape index (κ2) is 2.69. The molecule has 0 aliphatic carbocycles. The summed E-state index contributed by atoms with van der Waals surface area (Å²) < 4.78 is 10.7. The van der Waals surface area contributed by atoms with Gasteiger partial charge in [0.2, 0.25) is 0 Å². The van der Waals surface area contributed by atoms with Gasteiger partial charge >= 0.3 is 0 Å². The van der Waals surface area contributed by atoms with Crippen LogP contribution in [-0.2, 0) is 4.94 Å². The van der Waals surface area contributed by atoms with E-state index in [1.54, 1.807) is 13.8 Å². The molecule has 0 aromatic carbocycles. The van der Waals surface area contributed by atoms with Gasteiger partial charge in [-0.05, 0) is 19.4 Å². The molecular formula is C4H7FO. The standard InChI is InChI=1S/C4H7FO/c1-4(2)3-6-5/h3H,1-2H3. The fraction of sp³-hybridized carbons (Fsp3) is 0.500. The molecule has 0 bridgehead atoms. The number of hydrogen-bond donors (Lipinski definition) is 0. The van der Waals surface area contributed by atoms with Crippen LogP contribution in [0.4, 0.5) is 4.53 Å². The van der Waals surface area contributed by atoms with Gasteiger partial charge in [-0.15, -0.1) is 0 Å². The molecule has 36 valence electrons. The van der Waals surface area contributed by atoms with Crippen LogP contribution in [0.3, 0.4) is 0 Å². The molecule has 0 aliphatic heterocycles. The maximum Gasteiger partial charge on any atom is 0.134 e. The quantitative estimate of drug-likeness (QED) is 0.446. The fourth-order valence-electron chi connectivity index (χ4n) is 0.0891. The monoisotopic (exact) mass is 90.0 g/mol. The molecular weight excluding hydrogens is 83.0 g/mol. The Bertz CT molecular complexity index is 54.6. The number of hydrogen-bond acceptors (Lipinski definition) is 1. The summed E-state index contributed by atoms with van der Waals surface area (Å²) >= 11 is 0. The Hall–Kier alpha value is -0.530. The molecule has 0 aromatic heterocycles. The third-order valence-electron chi connectivity index (χ3n) is 0.280. The summed E-state index contributed by atoms with van der Waals surface area (Å²) in [5.41, 5.74) is 0.817. The Labute approximate surface area is 36.3 Å². The van der Waals surface area contributed by atoms with Gasteiger partial charge in [-0.25, -0.2) is 0 Å². The van der Waals surface area contributed by atoms with Crippen molar-refractivity contribution in [2.24, 2.45) is 0 Å². The second-order valence-corrected chi connectivity index (χ2v) is 1.28. The largest absolute Gasteiger partial charge is 0.302 e. The highest BCUT2D eigenvalue weighted by Gasteiger charge is 1.70. The van der Waals surface area contributed by atoms with Gasteiger partial charge in [0.05, 0.1) is 0 Å². The van der Waals surface area contributed by atoms with Gasteiger partial charge in [-0.1, -0.05) is 0 Å². The molecule has 0 rings (SSSR count). The molecule has 0 aromatic rings. The van der Waals surface area contributed by atoms with Crippen molar-refractivity contribution >= 4 is 0 Å². The normalized spacial score (nSPS) is 7.17. The van der Waals surface area contributed by atoms with E-state index in [-0.39, 0.29) is 0 Å². The summed E-state index contributed by atoms with van der Waals surface area (Å²) in [5, 5.41) is 0. The topological polar surface area (TPSA) is 9.23 Å². The van der Waals surface area contributed by atoms with Crippen molar-refractivity contribution in [2.75, 3.05) is 0 Å². The molecule has 0 amide bonds. The molecule has 0 unspecified atom stereocenters. The Balaban J connectivity index is 3.14. The Morgan fingerprint density at radius 2 is 2.17 bits per heavy atom. The van der Waals surface area contributed by atoms with E-state index in [0.29, 0.717) is 0 Å². The van der Waals surface area contributed by atoms with Crippen LogP contribution in [0.2, 0.25) is 0 Å². The van der Waals surface area contributed by atoms with E-state index in [0.717, 1.165) is 11.8 Å². The molecule has 0 heterocycles. The van der Waals surface area contributed by atoms with Gasteiger partial charge in [0, 0.05) is 4.53 Å². The third-order valence-corrected chi connectivity index (χ3v) is 0.280. The zero-order valence-electron chi connectivity index (χ0n) is 3.86. The lowest BCUT2D eigenvalue weighted by Gasteiger charge is -1.78. The summed E-state index contributed by atoms with van der Waals surface area (Å²) in [6, 6.07) is 0. The first kappa shape index (κ1) is 5.47. The van der Waals surface area contributed by atoms with E-state index in [4.69, 9.17) is 0 Å². The molecule has 0 N–H and O–H groups in total. The molecule has 0 fully saturated rings. The number of allylic oxidation sites excluding steroid dienone is 1. The molecule has 6 heavy (non-hydrogen) atoms. The SMILES string of the molecule is CC(C)=COF. The van der Waals surface area contributed by atoms with E-state index >= 15 is 0 Å². The van der Waals surface area contributed by atoms with Crippen LogP contribution in [-0.4, -0.2) is 0 Å². The van der Waals surface area contributed by atoms with Gasteiger partial charge in [0.25, 0.3) is 0 Å². The van der Waals surface area contributed by atoms with Crippen molar-refractivity contribution in [3.05, 3.63) is 11.8 Å². The average Bonchev–Trinajstić information content (AvgIpc) is 1.35. The predicted octanol–water partition coefficient (Wildman–Crippen LogP) is 1.81. The highest BCUT2D eigenvalue weighted by Crippen LogP contribution is 1.87. The van der Waals surface area contributed by atoms with Crippen molar-refractivity contribution in [3.63, 3.8) is 0 Å². The zero-order chi connectivity index (χ0) is 4.99. The van der Waals surface area contributed by atoms with Gasteiger partial charge < -0.3 is 4.94 Å². The summed E-state index contributed by atoms with van der Waals surface area (Å²) in [4.78, 5) is 3.14. The molecule has 0 spiro atoms. The molecule has 0 atom stereocenters. The van der Waals surface area contributed by atoms with Crippen LogP contribution in [0, 0.1) is 0 Å². The average molecular weight is 90.1 g/mol. The summed E-state index contributed by atoms with van der Waals surface area (Å²) in [6.45, 7) is 3.50. The van der Waals surface area contributed by atoms with E-state index in [1.165, 1.54) is 0 Å². The minimum Gasteiger partial charge on any atom is -0.302 e. The van der Waals surface area contributed by atoms with Crippen LogP contribution in [0.15, 0.2) is 11.8 Å². The van der Waals surface area contributed by atoms with E-state index in [2.05, 4.69) is 4.94 Å². The van der Waals surface area contributed by atoms with E-state index < -0.39 is 0 Å². The van der Waals surface area contributed by atoms with Crippen LogP contribution in [0.25, 0.3) is 0 Å². The fourth-order valence-corrected chi connectivity index (χ4v) is 0.0891. The highest BCUT2D eigenvalue weighted by molar-refractivity contribution is 4.85. The smallest absolute Gasteiger partial charge is 0.134 e. The molecule has 0 radical (unpaired) electrons. The highest BCUT2D eigenvalue weighted by atomic mass is 19.3. The predicted molar refractivity (Wildman–Crippen MR) is 21.6 cm³/mol. The Morgan fingerprint density at radius 1 is 1.67 bits per heavy atom. The van der Waals surface area contributed by atoms with E-state index in [1.807, 2.05) is 0 Å². The zero-order valence-corrected chi connectivity index (χ0v) is 3.86. The van der Waals surface area contributed by atoms with Crippen molar-refractivity contribution in [1.82, 2.24) is 0 Å². The van der Waals surface area contributed by atoms with Crippen molar-refractivity contribution in [3.8, 4) is 0 Å². The maximum absolute atomic E-state index is 10.7. The van der Waals surface area contributed by atoms with Crippen molar-refractivity contribution in [2.45, 2.75) is 13.8 Å². The van der Waals surface area contributed by atoms with Gasteiger partial charge in [0.1, 0.15) is 6.26 Å². The van der Waals surface area contributed by atoms with Gasteiger partial charge in [-0.2, -0.15) is 0 Å². The first-order valence-electron chi connectivity index (χ1n) is 1.68. The molecule has 2 heteroatoms. The first-order chi connectivity index (χ1) is 2.77. The lowest BCUT2D eigenvalue weighted by Crippen LogP contribution is -1.61. The van der Waals surface area contributed by atoms with E-state index in [9.17, 15) is 4.53 Å². The van der Waals surface area contributed by atoms with Crippen LogP contribution >= 0.6 is 0 Å². The molecule has 0 saturated heterocycles. The third kappa shape index (κ3) is 3.47. The Kier molecular flexibility index (Phi) is 2.46. The Morgan fingerprint density at radius 3 is 2.17 bits per heavy atom. The van der Waals surface area contributed by atoms with Crippen LogP contribution in [0.1, 0.15) is 13.8 Å². The lowest BCUT2D eigenvalue weighted by atomic mass is 10.4. The lowest BCUT2D eigenvalue weighted by molar-refractivity contribution is -0.0629. The summed E-state index contributed by atoms with van der Waals surface area (Å²) in [6.07, 6.45) is 1.04. The van der Waals surface area contributed by atoms with Crippen LogP contribution < -0.4 is 0 Å². The number of rotatable bonds is 1. The molecule has 0 saturated carbocycles. The van der Waals surface area contributed by atoms with Crippen LogP contribution in [0.5, 0.6) is 0 Å². The summed E-state index contributed by atoms with van der Waals surface area (Å²) in [5.74, 6) is 0. The van der Waals surface area contributed by atoms with Gasteiger partial charge in [-0.3, -0.25) is 0 Å². The minimum atomic E-state index is 0.817. The summed E-state index contributed by atoms with van der Waals surface area (Å²) in [7, 11) is 0. The maximum atomic E-state index is 10.7. The van der Waals surface area contributed by atoms with Crippen molar-refractivity contribution < 1.29 is 9.47 Å². The molecule has 1 nitrogen and oxygen atoms in total. The minimum absolute atomic E-state index is 0.817. The second-order valence-electron chi connectivity index (χ2n) is 1.28. The number of halogens is 1. The van der Waals surface area contributed by atoms with Crippen molar-refractivity contribution in [1.29, 1.82) is 0 Å². The molecule has 0 aliphatic rings. The van der Waals surface area contributed by atoms with Gasteiger partial charge in [0.15, 0.2) is 0 Å².